The first kappa shape index (κ1) is 15.2. The number of nitrogens with zero attached hydrogens (tertiary/aromatic N) is 1. The van der Waals surface area contributed by atoms with Crippen molar-refractivity contribution in [3.63, 3.8) is 0 Å². The standard InChI is InChI=1S/C13H21BrFN3/c1-4-9(2)18(3)6-5-17-13-8-11(15)10(14)7-12(13)16/h7-9,17H,4-6,16H2,1-3H3. The zero-order chi connectivity index (χ0) is 13.7. The van der Waals surface area contributed by atoms with E-state index in [1.807, 2.05) is 0 Å². The fourth-order valence-electron chi connectivity index (χ4n) is 1.61. The van der Waals surface area contributed by atoms with Crippen molar-refractivity contribution in [3.05, 3.63) is 22.4 Å². The fraction of sp³-hybridized carbons (Fsp3) is 0.538. The van der Waals surface area contributed by atoms with Crippen LogP contribution in [-0.2, 0) is 0 Å². The SMILES string of the molecule is CCC(C)N(C)CCNc1cc(F)c(Br)cc1N. The van der Waals surface area contributed by atoms with Crippen molar-refractivity contribution in [2.45, 2.75) is 26.3 Å². The van der Waals surface area contributed by atoms with Gasteiger partial charge in [0, 0.05) is 25.2 Å². The Morgan fingerprint density at radius 2 is 2.17 bits per heavy atom. The molecule has 0 amide bonds. The van der Waals surface area contributed by atoms with Crippen molar-refractivity contribution in [2.24, 2.45) is 0 Å². The maximum Gasteiger partial charge on any atom is 0.139 e. The zero-order valence-electron chi connectivity index (χ0n) is 11.1. The quantitative estimate of drug-likeness (QED) is 0.791. The van der Waals surface area contributed by atoms with E-state index in [1.54, 1.807) is 6.07 Å². The number of nitrogens with one attached hydrogen (secondary N) is 1. The maximum absolute atomic E-state index is 13.4. The predicted molar refractivity (Wildman–Crippen MR) is 79.4 cm³/mol. The number of rotatable bonds is 6. The van der Waals surface area contributed by atoms with Gasteiger partial charge in [0.15, 0.2) is 0 Å². The van der Waals surface area contributed by atoms with Gasteiger partial charge < -0.3 is 16.0 Å². The smallest absolute Gasteiger partial charge is 0.139 e. The van der Waals surface area contributed by atoms with Gasteiger partial charge in [0.25, 0.3) is 0 Å². The van der Waals surface area contributed by atoms with Crippen LogP contribution in [0.4, 0.5) is 15.8 Å². The van der Waals surface area contributed by atoms with Gasteiger partial charge in [0.2, 0.25) is 0 Å². The molecule has 0 heterocycles. The molecule has 0 aliphatic heterocycles. The lowest BCUT2D eigenvalue weighted by Gasteiger charge is -2.23. The molecule has 1 atom stereocenters. The van der Waals surface area contributed by atoms with Crippen molar-refractivity contribution in [1.82, 2.24) is 4.90 Å². The first-order valence-corrected chi connectivity index (χ1v) is 6.93. The highest BCUT2D eigenvalue weighted by atomic mass is 79.9. The van der Waals surface area contributed by atoms with Gasteiger partial charge in [-0.3, -0.25) is 0 Å². The van der Waals surface area contributed by atoms with Crippen molar-refractivity contribution in [2.75, 3.05) is 31.2 Å². The van der Waals surface area contributed by atoms with Gasteiger partial charge in [-0.2, -0.15) is 0 Å². The molecule has 1 aromatic rings. The molecular formula is C13H21BrFN3. The topological polar surface area (TPSA) is 41.3 Å². The summed E-state index contributed by atoms with van der Waals surface area (Å²) in [4.78, 5) is 2.26. The number of hydrogen-bond acceptors (Lipinski definition) is 3. The lowest BCUT2D eigenvalue weighted by Crippen LogP contribution is -2.32. The average molecular weight is 318 g/mol. The summed E-state index contributed by atoms with van der Waals surface area (Å²) >= 11 is 3.11. The van der Waals surface area contributed by atoms with E-state index in [0.29, 0.717) is 21.9 Å². The number of hydrogen-bond donors (Lipinski definition) is 2. The minimum absolute atomic E-state index is 0.304. The molecule has 0 aromatic heterocycles. The summed E-state index contributed by atoms with van der Waals surface area (Å²) in [5, 5.41) is 3.16. The lowest BCUT2D eigenvalue weighted by atomic mass is 10.2. The summed E-state index contributed by atoms with van der Waals surface area (Å²) in [6.07, 6.45) is 1.12. The van der Waals surface area contributed by atoms with Crippen LogP contribution >= 0.6 is 15.9 Å². The third kappa shape index (κ3) is 4.14. The normalized spacial score (nSPS) is 12.8. The van der Waals surface area contributed by atoms with Crippen LogP contribution in [0.1, 0.15) is 20.3 Å². The highest BCUT2D eigenvalue weighted by molar-refractivity contribution is 9.10. The van der Waals surface area contributed by atoms with Crippen LogP contribution in [0.2, 0.25) is 0 Å². The molecule has 3 nitrogen and oxygen atoms in total. The Bertz CT molecular complexity index is 398. The molecule has 0 aliphatic rings. The van der Waals surface area contributed by atoms with E-state index in [-0.39, 0.29) is 5.82 Å². The molecule has 0 saturated carbocycles. The summed E-state index contributed by atoms with van der Waals surface area (Å²) in [5.41, 5.74) is 7.02. The van der Waals surface area contributed by atoms with Gasteiger partial charge in [-0.25, -0.2) is 4.39 Å². The summed E-state index contributed by atoms with van der Waals surface area (Å²) in [6, 6.07) is 3.55. The number of benzene rings is 1. The summed E-state index contributed by atoms with van der Waals surface area (Å²) < 4.78 is 13.8. The number of nitrogens with two attached hydrogens (primary N) is 1. The number of anilines is 2. The molecule has 102 valence electrons. The van der Waals surface area contributed by atoms with Gasteiger partial charge in [-0.15, -0.1) is 0 Å². The Morgan fingerprint density at radius 3 is 2.78 bits per heavy atom. The Kier molecular flexibility index (Phi) is 5.88. The van der Waals surface area contributed by atoms with E-state index < -0.39 is 0 Å². The second-order valence-corrected chi connectivity index (χ2v) is 5.37. The molecule has 0 radical (unpaired) electrons. The molecule has 5 heteroatoms. The van der Waals surface area contributed by atoms with E-state index in [0.717, 1.165) is 19.5 Å². The van der Waals surface area contributed by atoms with Crippen LogP contribution in [0.25, 0.3) is 0 Å². The summed E-state index contributed by atoms with van der Waals surface area (Å²) in [5.74, 6) is -0.304. The Hall–Kier alpha value is -0.810. The van der Waals surface area contributed by atoms with Crippen molar-refractivity contribution in [3.8, 4) is 0 Å². The van der Waals surface area contributed by atoms with E-state index in [4.69, 9.17) is 5.73 Å². The van der Waals surface area contributed by atoms with E-state index in [9.17, 15) is 4.39 Å². The van der Waals surface area contributed by atoms with E-state index >= 15 is 0 Å². The molecule has 0 aliphatic carbocycles. The van der Waals surface area contributed by atoms with Crippen LogP contribution in [0.5, 0.6) is 0 Å². The molecule has 0 bridgehead atoms. The largest absolute Gasteiger partial charge is 0.397 e. The van der Waals surface area contributed by atoms with Crippen LogP contribution < -0.4 is 11.1 Å². The Balaban J connectivity index is 2.52. The van der Waals surface area contributed by atoms with Crippen LogP contribution in [-0.4, -0.2) is 31.1 Å². The Morgan fingerprint density at radius 1 is 1.50 bits per heavy atom. The molecule has 1 unspecified atom stereocenters. The monoisotopic (exact) mass is 317 g/mol. The van der Waals surface area contributed by atoms with Crippen molar-refractivity contribution in [1.29, 1.82) is 0 Å². The summed E-state index contributed by atoms with van der Waals surface area (Å²) in [7, 11) is 2.08. The molecule has 1 rings (SSSR count). The molecule has 18 heavy (non-hydrogen) atoms. The highest BCUT2D eigenvalue weighted by Gasteiger charge is 2.08. The second-order valence-electron chi connectivity index (χ2n) is 4.52. The van der Waals surface area contributed by atoms with Gasteiger partial charge in [0.05, 0.1) is 15.8 Å². The first-order chi connectivity index (χ1) is 8.45. The lowest BCUT2D eigenvalue weighted by molar-refractivity contribution is 0.261. The molecule has 3 N–H and O–H groups in total. The minimum Gasteiger partial charge on any atom is -0.397 e. The third-order valence-electron chi connectivity index (χ3n) is 3.22. The van der Waals surface area contributed by atoms with Crippen LogP contribution in [0.3, 0.4) is 0 Å². The van der Waals surface area contributed by atoms with Gasteiger partial charge in [0.1, 0.15) is 5.82 Å². The van der Waals surface area contributed by atoms with E-state index in [1.165, 1.54) is 6.07 Å². The van der Waals surface area contributed by atoms with Gasteiger partial charge >= 0.3 is 0 Å². The second kappa shape index (κ2) is 6.95. The average Bonchev–Trinajstić information content (AvgIpc) is 2.34. The highest BCUT2D eigenvalue weighted by Crippen LogP contribution is 2.26. The van der Waals surface area contributed by atoms with Gasteiger partial charge in [-0.05, 0) is 42.4 Å². The molecule has 0 saturated heterocycles. The molecule has 0 spiro atoms. The number of likely N-dealkylation sites (N-methyl/N-ethyl adjacent to an activating group) is 1. The minimum atomic E-state index is -0.304. The van der Waals surface area contributed by atoms with Crippen LogP contribution in [0.15, 0.2) is 16.6 Å². The van der Waals surface area contributed by atoms with Crippen LogP contribution in [0, 0.1) is 5.82 Å². The predicted octanol–water partition coefficient (Wildman–Crippen LogP) is 3.31. The molecular weight excluding hydrogens is 297 g/mol. The summed E-state index contributed by atoms with van der Waals surface area (Å²) in [6.45, 7) is 5.99. The zero-order valence-corrected chi connectivity index (χ0v) is 12.7. The third-order valence-corrected chi connectivity index (χ3v) is 3.82. The first-order valence-electron chi connectivity index (χ1n) is 6.14. The molecule has 1 aromatic carbocycles. The van der Waals surface area contributed by atoms with Crippen molar-refractivity contribution >= 4 is 27.3 Å². The van der Waals surface area contributed by atoms with Crippen molar-refractivity contribution < 1.29 is 4.39 Å². The Labute approximate surface area is 117 Å². The maximum atomic E-state index is 13.4. The fourth-order valence-corrected chi connectivity index (χ4v) is 1.98. The number of nitrogen functional groups attached to an aromatic ring is 1. The van der Waals surface area contributed by atoms with E-state index in [2.05, 4.69) is 47.0 Å². The van der Waals surface area contributed by atoms with Gasteiger partial charge in [-0.1, -0.05) is 6.92 Å². The number of halogens is 2. The molecule has 0 fully saturated rings.